The zero-order valence-corrected chi connectivity index (χ0v) is 16.1. The number of carbonyl (C=O) groups excluding carboxylic acids is 2. The Balaban J connectivity index is 1.70. The molecule has 0 aromatic heterocycles. The van der Waals surface area contributed by atoms with Gasteiger partial charge in [-0.05, 0) is 41.7 Å². The molecule has 0 spiro atoms. The molecule has 0 bridgehead atoms. The fourth-order valence-electron chi connectivity index (χ4n) is 3.12. The number of anilines is 1. The summed E-state index contributed by atoms with van der Waals surface area (Å²) in [5.41, 5.74) is 4.96. The summed E-state index contributed by atoms with van der Waals surface area (Å²) in [7, 11) is 0. The molecule has 4 heteroatoms. The highest BCUT2D eigenvalue weighted by Crippen LogP contribution is 2.24. The van der Waals surface area contributed by atoms with Gasteiger partial charge < -0.3 is 10.1 Å². The zero-order valence-electron chi connectivity index (χ0n) is 16.1. The summed E-state index contributed by atoms with van der Waals surface area (Å²) < 4.78 is 5.29. The molecule has 1 N–H and O–H groups in total. The van der Waals surface area contributed by atoms with Crippen LogP contribution in [0.2, 0.25) is 0 Å². The molecule has 0 aliphatic carbocycles. The van der Waals surface area contributed by atoms with Gasteiger partial charge in [-0.25, -0.2) is 4.79 Å². The van der Waals surface area contributed by atoms with Crippen LogP contribution in [0.15, 0.2) is 72.8 Å². The Kier molecular flexibility index (Phi) is 6.22. The van der Waals surface area contributed by atoms with Gasteiger partial charge in [0.15, 0.2) is 6.61 Å². The maximum Gasteiger partial charge on any atom is 0.339 e. The van der Waals surface area contributed by atoms with Crippen LogP contribution in [0.1, 0.15) is 28.4 Å². The van der Waals surface area contributed by atoms with Crippen molar-refractivity contribution >= 4 is 17.6 Å². The van der Waals surface area contributed by atoms with E-state index in [0.717, 1.165) is 34.4 Å². The first-order valence-electron chi connectivity index (χ1n) is 9.30. The van der Waals surface area contributed by atoms with Crippen molar-refractivity contribution in [1.82, 2.24) is 0 Å². The summed E-state index contributed by atoms with van der Waals surface area (Å²) in [4.78, 5) is 24.9. The van der Waals surface area contributed by atoms with Gasteiger partial charge in [-0.1, -0.05) is 73.7 Å². The number of para-hydroxylation sites is 1. The van der Waals surface area contributed by atoms with Crippen LogP contribution in [0.4, 0.5) is 5.69 Å². The van der Waals surface area contributed by atoms with Crippen LogP contribution in [0.25, 0.3) is 11.1 Å². The normalized spacial score (nSPS) is 10.4. The molecule has 0 fully saturated rings. The van der Waals surface area contributed by atoms with E-state index < -0.39 is 5.97 Å². The lowest BCUT2D eigenvalue weighted by Crippen LogP contribution is -2.22. The van der Waals surface area contributed by atoms with Crippen molar-refractivity contribution in [3.05, 3.63) is 89.5 Å². The Labute approximate surface area is 165 Å². The number of aryl methyl sites for hydroxylation is 2. The predicted octanol–water partition coefficient (Wildman–Crippen LogP) is 5.02. The quantitative estimate of drug-likeness (QED) is 0.617. The molecular formula is C24H23NO3. The van der Waals surface area contributed by atoms with Gasteiger partial charge in [0.05, 0.1) is 5.56 Å². The number of carbonyl (C=O) groups is 2. The summed E-state index contributed by atoms with van der Waals surface area (Å²) in [6.45, 7) is 3.64. The first-order valence-corrected chi connectivity index (χ1v) is 9.30. The van der Waals surface area contributed by atoms with Crippen molar-refractivity contribution in [3.8, 4) is 11.1 Å². The summed E-state index contributed by atoms with van der Waals surface area (Å²) in [5.74, 6) is -0.871. The molecule has 0 aliphatic rings. The van der Waals surface area contributed by atoms with Crippen molar-refractivity contribution < 1.29 is 14.3 Å². The van der Waals surface area contributed by atoms with E-state index in [9.17, 15) is 9.59 Å². The number of nitrogens with one attached hydrogen (secondary N) is 1. The van der Waals surface area contributed by atoms with Gasteiger partial charge in [-0.3, -0.25) is 4.79 Å². The molecule has 0 saturated carbocycles. The van der Waals surface area contributed by atoms with Crippen LogP contribution in [0.3, 0.4) is 0 Å². The van der Waals surface area contributed by atoms with E-state index in [0.29, 0.717) is 5.56 Å². The van der Waals surface area contributed by atoms with Crippen LogP contribution in [0, 0.1) is 6.92 Å². The summed E-state index contributed by atoms with van der Waals surface area (Å²) in [5, 5.41) is 2.87. The lowest BCUT2D eigenvalue weighted by molar-refractivity contribution is -0.119. The fourth-order valence-corrected chi connectivity index (χ4v) is 3.12. The molecule has 3 aromatic carbocycles. The topological polar surface area (TPSA) is 55.4 Å². The number of rotatable bonds is 6. The molecule has 4 nitrogen and oxygen atoms in total. The van der Waals surface area contributed by atoms with Gasteiger partial charge in [-0.15, -0.1) is 0 Å². The number of hydrogen-bond acceptors (Lipinski definition) is 3. The molecule has 0 atom stereocenters. The minimum Gasteiger partial charge on any atom is -0.452 e. The van der Waals surface area contributed by atoms with E-state index >= 15 is 0 Å². The molecule has 0 radical (unpaired) electrons. The number of esters is 1. The second-order valence-electron chi connectivity index (χ2n) is 6.50. The van der Waals surface area contributed by atoms with Crippen molar-refractivity contribution in [2.24, 2.45) is 0 Å². The third-order valence-corrected chi connectivity index (χ3v) is 4.57. The van der Waals surface area contributed by atoms with Gasteiger partial charge in [0.25, 0.3) is 5.91 Å². The van der Waals surface area contributed by atoms with E-state index in [1.54, 1.807) is 12.1 Å². The van der Waals surface area contributed by atoms with Crippen molar-refractivity contribution in [1.29, 1.82) is 0 Å². The molecule has 142 valence electrons. The number of ether oxygens (including phenoxy) is 1. The van der Waals surface area contributed by atoms with Crippen molar-refractivity contribution in [2.75, 3.05) is 11.9 Å². The Hall–Kier alpha value is -3.40. The average Bonchev–Trinajstić information content (AvgIpc) is 2.74. The highest BCUT2D eigenvalue weighted by molar-refractivity contribution is 6.00. The highest BCUT2D eigenvalue weighted by Gasteiger charge is 2.16. The number of benzene rings is 3. The molecule has 1 amide bonds. The minimum absolute atomic E-state index is 0.334. The SMILES string of the molecule is CCc1cccc(C)c1NC(=O)COC(=O)c1ccccc1-c1ccccc1. The second-order valence-corrected chi connectivity index (χ2v) is 6.50. The van der Waals surface area contributed by atoms with Gasteiger partial charge in [0.2, 0.25) is 0 Å². The number of hydrogen-bond donors (Lipinski definition) is 1. The van der Waals surface area contributed by atoms with E-state index in [2.05, 4.69) is 5.32 Å². The zero-order chi connectivity index (χ0) is 19.9. The lowest BCUT2D eigenvalue weighted by atomic mass is 10.00. The van der Waals surface area contributed by atoms with E-state index in [-0.39, 0.29) is 12.5 Å². The van der Waals surface area contributed by atoms with E-state index in [4.69, 9.17) is 4.74 Å². The van der Waals surface area contributed by atoms with Gasteiger partial charge in [-0.2, -0.15) is 0 Å². The van der Waals surface area contributed by atoms with Crippen LogP contribution < -0.4 is 5.32 Å². The maximum atomic E-state index is 12.6. The third-order valence-electron chi connectivity index (χ3n) is 4.57. The van der Waals surface area contributed by atoms with Crippen LogP contribution in [-0.2, 0) is 16.0 Å². The summed E-state index contributed by atoms with van der Waals surface area (Å²) in [6, 6.07) is 22.7. The second kappa shape index (κ2) is 9.00. The molecule has 0 unspecified atom stereocenters. The maximum absolute atomic E-state index is 12.6. The third kappa shape index (κ3) is 4.46. The smallest absolute Gasteiger partial charge is 0.339 e. The largest absolute Gasteiger partial charge is 0.452 e. The molecule has 0 heterocycles. The molecule has 3 aromatic rings. The average molecular weight is 373 g/mol. The Morgan fingerprint density at radius 2 is 1.61 bits per heavy atom. The lowest BCUT2D eigenvalue weighted by Gasteiger charge is -2.13. The first kappa shape index (κ1) is 19.4. The molecule has 3 rings (SSSR count). The monoisotopic (exact) mass is 373 g/mol. The standard InChI is InChI=1S/C24H23NO3/c1-3-18-13-9-10-17(2)23(18)25-22(26)16-28-24(27)21-15-8-7-14-20(21)19-11-5-4-6-12-19/h4-15H,3,16H2,1-2H3,(H,25,26). The molecule has 0 saturated heterocycles. The van der Waals surface area contributed by atoms with E-state index in [1.807, 2.05) is 74.5 Å². The van der Waals surface area contributed by atoms with Crippen LogP contribution >= 0.6 is 0 Å². The molecular weight excluding hydrogens is 350 g/mol. The Bertz CT molecular complexity index is 980. The highest BCUT2D eigenvalue weighted by atomic mass is 16.5. The Morgan fingerprint density at radius 1 is 0.893 bits per heavy atom. The van der Waals surface area contributed by atoms with E-state index in [1.165, 1.54) is 0 Å². The minimum atomic E-state index is -0.518. The summed E-state index contributed by atoms with van der Waals surface area (Å²) in [6.07, 6.45) is 0.807. The van der Waals surface area contributed by atoms with Gasteiger partial charge in [0.1, 0.15) is 0 Å². The van der Waals surface area contributed by atoms with Gasteiger partial charge in [0, 0.05) is 5.69 Å². The van der Waals surface area contributed by atoms with Crippen molar-refractivity contribution in [3.63, 3.8) is 0 Å². The van der Waals surface area contributed by atoms with Crippen LogP contribution in [0.5, 0.6) is 0 Å². The molecule has 28 heavy (non-hydrogen) atoms. The van der Waals surface area contributed by atoms with Gasteiger partial charge >= 0.3 is 5.97 Å². The Morgan fingerprint density at radius 3 is 2.36 bits per heavy atom. The van der Waals surface area contributed by atoms with Crippen molar-refractivity contribution in [2.45, 2.75) is 20.3 Å². The predicted molar refractivity (Wildman–Crippen MR) is 111 cm³/mol. The number of amides is 1. The summed E-state index contributed by atoms with van der Waals surface area (Å²) >= 11 is 0. The first-order chi connectivity index (χ1) is 13.6. The van der Waals surface area contributed by atoms with Crippen LogP contribution in [-0.4, -0.2) is 18.5 Å². The molecule has 0 aliphatic heterocycles. The fraction of sp³-hybridized carbons (Fsp3) is 0.167.